The highest BCUT2D eigenvalue weighted by Gasteiger charge is 2.43. The molecule has 1 spiro atoms. The van der Waals surface area contributed by atoms with Crippen LogP contribution in [0.15, 0.2) is 0 Å². The van der Waals surface area contributed by atoms with E-state index in [0.29, 0.717) is 12.1 Å². The summed E-state index contributed by atoms with van der Waals surface area (Å²) in [4.78, 5) is 0. The van der Waals surface area contributed by atoms with Crippen molar-refractivity contribution in [3.05, 3.63) is 0 Å². The minimum Gasteiger partial charge on any atom is -0.392 e. The summed E-state index contributed by atoms with van der Waals surface area (Å²) in [7, 11) is 0. The third kappa shape index (κ3) is 2.73. The normalized spacial score (nSPS) is 40.2. The van der Waals surface area contributed by atoms with Gasteiger partial charge in [0.25, 0.3) is 0 Å². The first-order valence-corrected chi connectivity index (χ1v) is 7.86. The van der Waals surface area contributed by atoms with Gasteiger partial charge in [-0.3, -0.25) is 0 Å². The van der Waals surface area contributed by atoms with Crippen LogP contribution < -0.4 is 5.32 Å². The fourth-order valence-corrected chi connectivity index (χ4v) is 3.87. The van der Waals surface area contributed by atoms with Crippen LogP contribution in [0.4, 0.5) is 0 Å². The molecule has 0 amide bonds. The first-order valence-electron chi connectivity index (χ1n) is 7.86. The Hall–Kier alpha value is -0.120. The van der Waals surface area contributed by atoms with E-state index in [1.165, 1.54) is 38.5 Å². The van der Waals surface area contributed by atoms with Gasteiger partial charge in [-0.25, -0.2) is 0 Å². The Balaban J connectivity index is 1.54. The minimum atomic E-state index is -0.132. The third-order valence-corrected chi connectivity index (χ3v) is 5.19. The Labute approximate surface area is 110 Å². The second-order valence-electron chi connectivity index (χ2n) is 6.55. The third-order valence-electron chi connectivity index (χ3n) is 5.19. The fraction of sp³-hybridized carbons (Fsp3) is 1.00. The highest BCUT2D eigenvalue weighted by Crippen LogP contribution is 2.42. The molecule has 2 saturated carbocycles. The number of aliphatic hydroxyl groups excluding tert-OH is 1. The van der Waals surface area contributed by atoms with Crippen molar-refractivity contribution in [2.24, 2.45) is 0 Å². The molecule has 1 aliphatic heterocycles. The fourth-order valence-electron chi connectivity index (χ4n) is 3.87. The summed E-state index contributed by atoms with van der Waals surface area (Å²) in [5, 5.41) is 13.9. The van der Waals surface area contributed by atoms with Gasteiger partial charge < -0.3 is 15.2 Å². The number of hydrogen-bond acceptors (Lipinski definition) is 3. The molecular formula is C15H27NO2. The molecule has 2 N–H and O–H groups in total. The molecule has 3 nitrogen and oxygen atoms in total. The zero-order valence-corrected chi connectivity index (χ0v) is 11.4. The molecule has 0 bridgehead atoms. The van der Waals surface area contributed by atoms with Crippen molar-refractivity contribution in [3.63, 3.8) is 0 Å². The van der Waals surface area contributed by atoms with Gasteiger partial charge in [0.1, 0.15) is 0 Å². The van der Waals surface area contributed by atoms with Crippen LogP contribution in [0.5, 0.6) is 0 Å². The van der Waals surface area contributed by atoms with Crippen molar-refractivity contribution in [3.8, 4) is 0 Å². The van der Waals surface area contributed by atoms with Crippen LogP contribution in [0.1, 0.15) is 64.2 Å². The van der Waals surface area contributed by atoms with E-state index < -0.39 is 0 Å². The van der Waals surface area contributed by atoms with Gasteiger partial charge >= 0.3 is 0 Å². The molecule has 3 aliphatic rings. The number of hydrogen-bond donors (Lipinski definition) is 2. The van der Waals surface area contributed by atoms with E-state index in [-0.39, 0.29) is 11.7 Å². The Kier molecular flexibility index (Phi) is 3.92. The van der Waals surface area contributed by atoms with Crippen molar-refractivity contribution in [2.75, 3.05) is 6.61 Å². The van der Waals surface area contributed by atoms with Gasteiger partial charge in [-0.2, -0.15) is 0 Å². The van der Waals surface area contributed by atoms with E-state index >= 15 is 0 Å². The Morgan fingerprint density at radius 2 is 1.83 bits per heavy atom. The van der Waals surface area contributed by atoms with Crippen molar-refractivity contribution in [1.82, 2.24) is 5.32 Å². The maximum absolute atomic E-state index is 10.2. The minimum absolute atomic E-state index is 0.132. The molecule has 0 aromatic carbocycles. The van der Waals surface area contributed by atoms with Gasteiger partial charge in [0, 0.05) is 18.7 Å². The molecule has 2 aliphatic carbocycles. The highest BCUT2D eigenvalue weighted by molar-refractivity contribution is 4.97. The van der Waals surface area contributed by atoms with Crippen LogP contribution >= 0.6 is 0 Å². The molecule has 0 aromatic heterocycles. The van der Waals surface area contributed by atoms with Gasteiger partial charge in [-0.15, -0.1) is 0 Å². The van der Waals surface area contributed by atoms with E-state index in [4.69, 9.17) is 4.74 Å². The van der Waals surface area contributed by atoms with Crippen molar-refractivity contribution < 1.29 is 9.84 Å². The highest BCUT2D eigenvalue weighted by atomic mass is 16.5. The lowest BCUT2D eigenvalue weighted by atomic mass is 9.73. The van der Waals surface area contributed by atoms with Gasteiger partial charge in [0.2, 0.25) is 0 Å². The first-order chi connectivity index (χ1) is 8.77. The van der Waals surface area contributed by atoms with Crippen LogP contribution in [0, 0.1) is 0 Å². The summed E-state index contributed by atoms with van der Waals surface area (Å²) in [5.74, 6) is 0. The van der Waals surface area contributed by atoms with E-state index in [0.717, 1.165) is 32.3 Å². The second kappa shape index (κ2) is 5.48. The summed E-state index contributed by atoms with van der Waals surface area (Å²) in [6, 6.07) is 0.893. The molecule has 3 heteroatoms. The zero-order valence-electron chi connectivity index (χ0n) is 11.4. The van der Waals surface area contributed by atoms with Crippen molar-refractivity contribution in [2.45, 2.75) is 88.0 Å². The molecular weight excluding hydrogens is 226 g/mol. The van der Waals surface area contributed by atoms with E-state index in [1.807, 2.05) is 0 Å². The maximum atomic E-state index is 10.2. The van der Waals surface area contributed by atoms with E-state index in [2.05, 4.69) is 5.32 Å². The average molecular weight is 253 g/mol. The van der Waals surface area contributed by atoms with Gasteiger partial charge in [-0.05, 0) is 44.9 Å². The number of aliphatic hydroxyl groups is 1. The number of nitrogens with one attached hydrogen (secondary N) is 1. The second-order valence-corrected chi connectivity index (χ2v) is 6.55. The van der Waals surface area contributed by atoms with E-state index in [9.17, 15) is 5.11 Å². The van der Waals surface area contributed by atoms with Crippen LogP contribution in [-0.2, 0) is 4.74 Å². The Morgan fingerprint density at radius 1 is 1.00 bits per heavy atom. The quantitative estimate of drug-likeness (QED) is 0.742. The van der Waals surface area contributed by atoms with Crippen LogP contribution in [0.3, 0.4) is 0 Å². The molecule has 3 unspecified atom stereocenters. The van der Waals surface area contributed by atoms with Crippen molar-refractivity contribution >= 4 is 0 Å². The molecule has 3 rings (SSSR count). The van der Waals surface area contributed by atoms with Gasteiger partial charge in [0.15, 0.2) is 0 Å². The molecule has 3 atom stereocenters. The predicted molar refractivity (Wildman–Crippen MR) is 71.6 cm³/mol. The van der Waals surface area contributed by atoms with Gasteiger partial charge in [0.05, 0.1) is 11.7 Å². The first kappa shape index (κ1) is 12.9. The Morgan fingerprint density at radius 3 is 2.61 bits per heavy atom. The maximum Gasteiger partial charge on any atom is 0.0697 e. The van der Waals surface area contributed by atoms with Crippen molar-refractivity contribution in [1.29, 1.82) is 0 Å². The number of ether oxygens (including phenoxy) is 1. The Bertz CT molecular complexity index is 278. The molecule has 18 heavy (non-hydrogen) atoms. The summed E-state index contributed by atoms with van der Waals surface area (Å²) >= 11 is 0. The summed E-state index contributed by atoms with van der Waals surface area (Å²) in [6.07, 6.45) is 11.8. The van der Waals surface area contributed by atoms with Crippen LogP contribution in [-0.4, -0.2) is 35.5 Å². The lowest BCUT2D eigenvalue weighted by molar-refractivity contribution is -0.137. The largest absolute Gasteiger partial charge is 0.392 e. The summed E-state index contributed by atoms with van der Waals surface area (Å²) < 4.78 is 5.97. The molecule has 0 radical (unpaired) electrons. The zero-order chi connectivity index (χ0) is 12.4. The van der Waals surface area contributed by atoms with E-state index in [1.54, 1.807) is 0 Å². The predicted octanol–water partition coefficient (Wildman–Crippen LogP) is 2.37. The molecule has 1 heterocycles. The van der Waals surface area contributed by atoms with Gasteiger partial charge in [-0.1, -0.05) is 19.3 Å². The topological polar surface area (TPSA) is 41.5 Å². The van der Waals surface area contributed by atoms with Crippen LogP contribution in [0.2, 0.25) is 0 Å². The lowest BCUT2D eigenvalue weighted by Gasteiger charge is -2.48. The molecule has 1 saturated heterocycles. The number of rotatable bonds is 2. The van der Waals surface area contributed by atoms with Crippen LogP contribution in [0.25, 0.3) is 0 Å². The molecule has 0 aromatic rings. The molecule has 104 valence electrons. The smallest absolute Gasteiger partial charge is 0.0697 e. The average Bonchev–Trinajstić information content (AvgIpc) is 2.54. The molecule has 3 fully saturated rings. The standard InChI is InChI=1S/C15H27NO2/c17-14-6-3-1-2-5-13(14)16-12-7-10-18-15(11-12)8-4-9-15/h12-14,16-17H,1-11H2. The lowest BCUT2D eigenvalue weighted by Crippen LogP contribution is -2.54. The summed E-state index contributed by atoms with van der Waals surface area (Å²) in [5.41, 5.74) is 0.214. The monoisotopic (exact) mass is 253 g/mol. The summed E-state index contributed by atoms with van der Waals surface area (Å²) in [6.45, 7) is 0.903. The SMILES string of the molecule is OC1CCCCCC1NC1CCOC2(CCC2)C1.